The number of hydrogen-bond acceptors (Lipinski definition) is 18. The van der Waals surface area contributed by atoms with Crippen LogP contribution in [0.1, 0.15) is 145 Å². The summed E-state index contributed by atoms with van der Waals surface area (Å²) in [6, 6.07) is 32.4. The molecule has 568 valence electrons. The first-order valence-corrected chi connectivity index (χ1v) is 41.9. The number of benzene rings is 5. The van der Waals surface area contributed by atoms with E-state index in [1.807, 2.05) is 97.9 Å². The predicted octanol–water partition coefficient (Wildman–Crippen LogP) is 12.9. The van der Waals surface area contributed by atoms with Crippen LogP contribution in [0.15, 0.2) is 177 Å². The van der Waals surface area contributed by atoms with Crippen LogP contribution in [0.2, 0.25) is 0 Å². The van der Waals surface area contributed by atoms with Crippen molar-refractivity contribution in [1.29, 1.82) is 0 Å². The summed E-state index contributed by atoms with van der Waals surface area (Å²) in [5.41, 5.74) is 5.94. The van der Waals surface area contributed by atoms with Gasteiger partial charge in [0.05, 0.1) is 89.9 Å². The Balaban J connectivity index is 0.859. The molecule has 3 atom stereocenters. The lowest BCUT2D eigenvalue weighted by atomic mass is 9.81. The Morgan fingerprint density at radius 1 is 0.676 bits per heavy atom. The van der Waals surface area contributed by atoms with Crippen molar-refractivity contribution >= 4 is 87.2 Å². The summed E-state index contributed by atoms with van der Waals surface area (Å²) >= 11 is 0.192. The van der Waals surface area contributed by atoms with E-state index < -0.39 is 74.7 Å². The smallest absolute Gasteiger partial charge is 0.307 e. The second-order valence-corrected chi connectivity index (χ2v) is 34.5. The van der Waals surface area contributed by atoms with Gasteiger partial charge in [0.15, 0.2) is 5.71 Å². The molecule has 5 aromatic rings. The molecule has 5 N–H and O–H groups in total. The van der Waals surface area contributed by atoms with Gasteiger partial charge in [-0.05, 0) is 185 Å². The zero-order chi connectivity index (χ0) is 75.9. The molecule has 3 heterocycles. The number of carbonyl (C=O) groups is 3. The number of rotatable bonds is 39. The Bertz CT molecular complexity index is 4600. The minimum absolute atomic E-state index is 0.0118. The minimum atomic E-state index is -4.62. The zero-order valence-corrected chi connectivity index (χ0v) is 63.4. The summed E-state index contributed by atoms with van der Waals surface area (Å²) < 4.78 is 176. The Kier molecular flexibility index (Phi) is 28.3. The Morgan fingerprint density at radius 2 is 1.35 bits per heavy atom. The first kappa shape index (κ1) is 82.0. The van der Waals surface area contributed by atoms with Crippen LogP contribution in [0.25, 0.3) is 0 Å². The minimum Gasteiger partial charge on any atom is -0.481 e. The summed E-state index contributed by atoms with van der Waals surface area (Å²) in [6.45, 7) is 10.2. The number of carbonyl (C=O) groups excluding carboxylic acids is 2. The van der Waals surface area contributed by atoms with Crippen molar-refractivity contribution in [3.05, 3.63) is 190 Å². The van der Waals surface area contributed by atoms with E-state index >= 15 is 0 Å². The maximum absolute atomic E-state index is 13.4. The second-order valence-electron chi connectivity index (χ2n) is 27.9. The lowest BCUT2D eigenvalue weighted by molar-refractivity contribution is -0.438. The number of halogens is 1. The number of carboxylic acid groups (broad SMARTS) is 1. The fourth-order valence-electron chi connectivity index (χ4n) is 14.2. The molecule has 1 aliphatic carbocycles. The van der Waals surface area contributed by atoms with Gasteiger partial charge in [0.2, 0.25) is 5.69 Å². The molecule has 0 unspecified atom stereocenters. The first-order chi connectivity index (χ1) is 49.7. The number of ether oxygens (including phenoxy) is 4. The third-order valence-electron chi connectivity index (χ3n) is 19.5. The molecule has 3 aliphatic heterocycles. The highest BCUT2D eigenvalue weighted by Crippen LogP contribution is 2.49. The van der Waals surface area contributed by atoms with Crippen LogP contribution in [-0.4, -0.2) is 160 Å². The molecule has 0 spiro atoms. The van der Waals surface area contributed by atoms with Gasteiger partial charge < -0.3 is 29.0 Å². The summed E-state index contributed by atoms with van der Waals surface area (Å²) in [4.78, 5) is 43.4. The van der Waals surface area contributed by atoms with Crippen molar-refractivity contribution in [2.75, 3.05) is 69.0 Å². The fourth-order valence-corrected chi connectivity index (χ4v) is 16.7. The highest BCUT2D eigenvalue weighted by Gasteiger charge is 2.46. The number of carboxylic acids is 1. The van der Waals surface area contributed by atoms with E-state index in [-0.39, 0.29) is 117 Å². The van der Waals surface area contributed by atoms with E-state index in [0.717, 1.165) is 41.7 Å². The van der Waals surface area contributed by atoms with Crippen molar-refractivity contribution < 1.29 is 98.8 Å². The van der Waals surface area contributed by atoms with Gasteiger partial charge in [-0.2, -0.15) is 42.1 Å². The van der Waals surface area contributed by atoms with E-state index in [2.05, 4.69) is 4.90 Å². The molecular formula is C76H93FN3O20S5+. The van der Waals surface area contributed by atoms with E-state index in [4.69, 9.17) is 18.9 Å². The standard InChI is InChI=1S/C76H92FN3O20S5/c1-75(2)65-49-63(104(91,92)93)30-32-67(65)79(38-8-10-44-102(85,86)87)70(75)34-26-56-19-13-20-57(27-35-71-76(3,4)66-50-64(105(94,95)96)31-33-68(66)80(71)39-9-11-45-103(88,89)90)73(56)100-61-28-24-53(25-29-61)46-58(74(83)84)48-59(81)36-41-98-43-42-97-40-15-21-60(82)51-78-37-14-23-69(72(78)55-17-6-5-7-18-55)99-52-54-16-12-22-62(47-54)101-77/h5-7,12,16-18,22,24-35,47,49-50,58,69,72H,8-11,13-15,19-21,23,36-46,48,51-52H2,1-4H3,(H4-,83,84,85,86,87,88,89,90,91,92,93,94,95,96)/p+1/t58-,69+,72+/m1/s1. The van der Waals surface area contributed by atoms with Gasteiger partial charge >= 0.3 is 5.97 Å². The zero-order valence-electron chi connectivity index (χ0n) is 59.3. The number of ketones is 2. The molecule has 0 saturated carbocycles. The molecule has 29 heteroatoms. The average molecular weight is 1550 g/mol. The number of hydrogen-bond donors (Lipinski definition) is 5. The first-order valence-electron chi connectivity index (χ1n) is 35.1. The van der Waals surface area contributed by atoms with Crippen molar-refractivity contribution in [3.63, 3.8) is 0 Å². The molecule has 0 bridgehead atoms. The summed E-state index contributed by atoms with van der Waals surface area (Å²) in [7, 11) is -17.8. The number of unbranched alkanes of at least 4 members (excludes halogenated alkanes) is 2. The summed E-state index contributed by atoms with van der Waals surface area (Å²) in [6.07, 6.45) is 12.0. The second kappa shape index (κ2) is 36.2. The maximum atomic E-state index is 13.4. The number of likely N-dealkylation sites (tertiary alicyclic amines) is 1. The maximum Gasteiger partial charge on any atom is 0.307 e. The fraction of sp³-hybridized carbons (Fsp3) is 0.447. The Hall–Kier alpha value is -7.10. The quantitative estimate of drug-likeness (QED) is 0.0139. The van der Waals surface area contributed by atoms with Gasteiger partial charge in [0, 0.05) is 78.2 Å². The van der Waals surface area contributed by atoms with Crippen LogP contribution in [0.5, 0.6) is 5.75 Å². The lowest BCUT2D eigenvalue weighted by Gasteiger charge is -2.41. The Labute approximate surface area is 619 Å². The van der Waals surface area contributed by atoms with Gasteiger partial charge in [0.1, 0.15) is 29.6 Å². The van der Waals surface area contributed by atoms with Crippen molar-refractivity contribution in [1.82, 2.24) is 4.90 Å². The number of fused-ring (bicyclic) bond motifs is 2. The van der Waals surface area contributed by atoms with Crippen LogP contribution in [0, 0.1) is 5.92 Å². The molecule has 105 heavy (non-hydrogen) atoms. The number of anilines is 1. The molecule has 9 rings (SSSR count). The number of nitrogens with zero attached hydrogens (tertiary/aromatic N) is 3. The van der Waals surface area contributed by atoms with Gasteiger partial charge in [0.25, 0.3) is 40.5 Å². The van der Waals surface area contributed by atoms with Crippen LogP contribution < -0.4 is 9.64 Å². The van der Waals surface area contributed by atoms with Crippen molar-refractivity contribution in [2.45, 2.75) is 162 Å². The Morgan fingerprint density at radius 3 is 2.03 bits per heavy atom. The van der Waals surface area contributed by atoms with E-state index in [1.54, 1.807) is 54.6 Å². The largest absolute Gasteiger partial charge is 0.481 e. The van der Waals surface area contributed by atoms with Crippen LogP contribution in [-0.2, 0) is 92.9 Å². The van der Waals surface area contributed by atoms with E-state index in [0.29, 0.717) is 114 Å². The molecule has 1 fully saturated rings. The van der Waals surface area contributed by atoms with Gasteiger partial charge in [-0.15, -0.1) is 0 Å². The molecule has 0 amide bonds. The average Bonchev–Trinajstić information content (AvgIpc) is 1.60. The highest BCUT2D eigenvalue weighted by atomic mass is 32.2. The normalized spacial score (nSPS) is 18.8. The van der Waals surface area contributed by atoms with Crippen LogP contribution >= 0.6 is 12.1 Å². The number of piperidine rings is 1. The topological polar surface area (TPSA) is 335 Å². The summed E-state index contributed by atoms with van der Waals surface area (Å²) in [5.74, 6) is -2.60. The van der Waals surface area contributed by atoms with Crippen molar-refractivity contribution in [2.24, 2.45) is 5.92 Å². The predicted molar refractivity (Wildman–Crippen MR) is 397 cm³/mol. The van der Waals surface area contributed by atoms with E-state index in [1.165, 1.54) is 24.3 Å². The summed E-state index contributed by atoms with van der Waals surface area (Å²) in [5, 5.41) is 10.4. The van der Waals surface area contributed by atoms with Crippen LogP contribution in [0.4, 0.5) is 15.3 Å². The highest BCUT2D eigenvalue weighted by molar-refractivity contribution is 7.94. The lowest BCUT2D eigenvalue weighted by Crippen LogP contribution is -2.45. The van der Waals surface area contributed by atoms with E-state index in [9.17, 15) is 75.3 Å². The van der Waals surface area contributed by atoms with Crippen molar-refractivity contribution in [3.8, 4) is 5.75 Å². The third-order valence-corrected chi connectivity index (χ3v) is 23.2. The van der Waals surface area contributed by atoms with Gasteiger partial charge in [-0.25, -0.2) is 0 Å². The molecular weight excluding hydrogens is 1450 g/mol. The molecule has 4 aliphatic rings. The van der Waals surface area contributed by atoms with Crippen LogP contribution in [0.3, 0.4) is 0 Å². The SMILES string of the molecule is CC1(C)C(=CC=C2CCCC(C=CC3=[N+](CCCCS(=O)(=O)O)c4ccc(S(=O)(=O)O)cc4C3(C)C)=C2Oc2ccc(C[C@H](CC(=O)CCOCCOCCCC(=O)CN3CCC[C@H](OCc4cccc(SF)c4)[C@@H]3c3ccccc3)C(=O)O)cc2)N(CCCCS(=O)(=O)O)c2ccc(S(=O)(=O)O)cc21. The number of Topliss-reactive ketones (excluding diaryl/α,β-unsaturated/α-hetero) is 2. The molecule has 0 radical (unpaired) electrons. The number of allylic oxidation sites excluding steroid dienone is 7. The van der Waals surface area contributed by atoms with Gasteiger partial charge in [-0.3, -0.25) is 37.5 Å². The van der Waals surface area contributed by atoms with Gasteiger partial charge in [-0.1, -0.05) is 74.5 Å². The third kappa shape index (κ3) is 22.7. The molecule has 1 saturated heterocycles. The molecule has 23 nitrogen and oxygen atoms in total. The molecule has 5 aromatic carbocycles. The monoisotopic (exact) mass is 1550 g/mol. The number of aliphatic carboxylic acids is 1. The molecule has 0 aromatic heterocycles.